The van der Waals surface area contributed by atoms with Crippen molar-refractivity contribution in [1.29, 1.82) is 0 Å². The van der Waals surface area contributed by atoms with Gasteiger partial charge < -0.3 is 20.8 Å². The molecule has 0 saturated carbocycles. The number of aliphatic carboxylic acids is 1. The number of nitrogens with one attached hydrogen (secondary N) is 2. The van der Waals surface area contributed by atoms with Gasteiger partial charge in [-0.2, -0.15) is 0 Å². The van der Waals surface area contributed by atoms with Gasteiger partial charge in [-0.05, 0) is 12.0 Å². The van der Waals surface area contributed by atoms with Crippen LogP contribution in [0, 0.1) is 0 Å². The van der Waals surface area contributed by atoms with Crippen LogP contribution in [-0.2, 0) is 4.79 Å². The van der Waals surface area contributed by atoms with Crippen LogP contribution in [-0.4, -0.2) is 34.9 Å². The van der Waals surface area contributed by atoms with E-state index in [4.69, 9.17) is 10.2 Å². The van der Waals surface area contributed by atoms with Gasteiger partial charge in [-0.15, -0.1) is 0 Å². The molecule has 2 atom stereocenters. The Bertz CT molecular complexity index is 436. The molecule has 1 aromatic rings. The first kappa shape index (κ1) is 16.0. The molecule has 4 N–H and O–H groups in total. The standard InChI is InChI=1S/C14H20N2O4/c1-2-11(10-6-4-3-5-7-10)16-14(20)15-9-8-12(17)13(18)19/h3-7,11-12,17H,2,8-9H2,1H3,(H,18,19)(H2,15,16,20)/t11?,12-/m0/s1. The van der Waals surface area contributed by atoms with Crippen molar-refractivity contribution >= 4 is 12.0 Å². The normalized spacial score (nSPS) is 13.3. The fourth-order valence-electron chi connectivity index (χ4n) is 1.76. The maximum absolute atomic E-state index is 11.7. The van der Waals surface area contributed by atoms with Crippen LogP contribution in [0.3, 0.4) is 0 Å². The predicted molar refractivity (Wildman–Crippen MR) is 74.3 cm³/mol. The van der Waals surface area contributed by atoms with Crippen LogP contribution in [0.4, 0.5) is 4.79 Å². The summed E-state index contributed by atoms with van der Waals surface area (Å²) in [6, 6.07) is 9.11. The predicted octanol–water partition coefficient (Wildman–Crippen LogP) is 1.27. The number of carbonyl (C=O) groups excluding carboxylic acids is 1. The van der Waals surface area contributed by atoms with Crippen LogP contribution in [0.2, 0.25) is 0 Å². The van der Waals surface area contributed by atoms with Gasteiger partial charge >= 0.3 is 12.0 Å². The molecule has 1 unspecified atom stereocenters. The highest BCUT2D eigenvalue weighted by Crippen LogP contribution is 2.15. The molecule has 0 spiro atoms. The molecule has 2 amide bonds. The number of benzene rings is 1. The molecule has 0 aromatic heterocycles. The lowest BCUT2D eigenvalue weighted by molar-refractivity contribution is -0.146. The summed E-state index contributed by atoms with van der Waals surface area (Å²) in [5.41, 5.74) is 1.01. The second kappa shape index (κ2) is 8.16. The Morgan fingerprint density at radius 1 is 1.25 bits per heavy atom. The van der Waals surface area contributed by atoms with E-state index in [1.165, 1.54) is 0 Å². The van der Waals surface area contributed by atoms with Gasteiger partial charge in [0.05, 0.1) is 6.04 Å². The molecule has 20 heavy (non-hydrogen) atoms. The molecule has 0 heterocycles. The van der Waals surface area contributed by atoms with Gasteiger partial charge in [-0.25, -0.2) is 9.59 Å². The smallest absolute Gasteiger partial charge is 0.332 e. The van der Waals surface area contributed by atoms with E-state index in [0.717, 1.165) is 12.0 Å². The van der Waals surface area contributed by atoms with Gasteiger partial charge in [-0.3, -0.25) is 0 Å². The van der Waals surface area contributed by atoms with Gasteiger partial charge in [0.15, 0.2) is 6.10 Å². The zero-order valence-corrected chi connectivity index (χ0v) is 11.4. The SMILES string of the molecule is CCC(NC(=O)NCC[C@H](O)C(=O)O)c1ccccc1. The van der Waals surface area contributed by atoms with Gasteiger partial charge in [0.2, 0.25) is 0 Å². The molecular weight excluding hydrogens is 260 g/mol. The van der Waals surface area contributed by atoms with Crippen molar-refractivity contribution in [2.24, 2.45) is 0 Å². The highest BCUT2D eigenvalue weighted by molar-refractivity contribution is 5.75. The van der Waals surface area contributed by atoms with E-state index in [2.05, 4.69) is 10.6 Å². The van der Waals surface area contributed by atoms with Gasteiger partial charge in [-0.1, -0.05) is 37.3 Å². The van der Waals surface area contributed by atoms with Crippen molar-refractivity contribution in [3.63, 3.8) is 0 Å². The molecule has 0 saturated heterocycles. The lowest BCUT2D eigenvalue weighted by Crippen LogP contribution is -2.39. The molecule has 0 bridgehead atoms. The van der Waals surface area contributed by atoms with Crippen LogP contribution < -0.4 is 10.6 Å². The van der Waals surface area contributed by atoms with Gasteiger partial charge in [0, 0.05) is 13.0 Å². The maximum Gasteiger partial charge on any atom is 0.332 e. The molecule has 6 nitrogen and oxygen atoms in total. The molecule has 0 aliphatic carbocycles. The topological polar surface area (TPSA) is 98.7 Å². The Kier molecular flexibility index (Phi) is 6.52. The largest absolute Gasteiger partial charge is 0.479 e. The van der Waals surface area contributed by atoms with Crippen LogP contribution in [0.25, 0.3) is 0 Å². The molecule has 6 heteroatoms. The average Bonchev–Trinajstić information content (AvgIpc) is 2.45. The zero-order chi connectivity index (χ0) is 15.0. The van der Waals surface area contributed by atoms with E-state index in [1.54, 1.807) is 0 Å². The highest BCUT2D eigenvalue weighted by atomic mass is 16.4. The van der Waals surface area contributed by atoms with E-state index in [-0.39, 0.29) is 25.0 Å². The Morgan fingerprint density at radius 2 is 1.90 bits per heavy atom. The number of aliphatic hydroxyl groups excluding tert-OH is 1. The number of carbonyl (C=O) groups is 2. The molecule has 0 aliphatic rings. The van der Waals surface area contributed by atoms with Crippen molar-refractivity contribution < 1.29 is 19.8 Å². The Hall–Kier alpha value is -2.08. The molecule has 1 rings (SSSR count). The quantitative estimate of drug-likeness (QED) is 0.604. The number of carboxylic acids is 1. The molecule has 0 aliphatic heterocycles. The number of aliphatic hydroxyl groups is 1. The van der Waals surface area contributed by atoms with Crippen LogP contribution >= 0.6 is 0 Å². The first-order valence-corrected chi connectivity index (χ1v) is 6.54. The summed E-state index contributed by atoms with van der Waals surface area (Å²) in [6.07, 6.45) is -0.730. The number of rotatable bonds is 7. The summed E-state index contributed by atoms with van der Waals surface area (Å²) in [6.45, 7) is 2.07. The maximum atomic E-state index is 11.7. The Labute approximate surface area is 117 Å². The second-order valence-corrected chi connectivity index (χ2v) is 4.41. The minimum Gasteiger partial charge on any atom is -0.479 e. The summed E-state index contributed by atoms with van der Waals surface area (Å²) in [5.74, 6) is -1.29. The third kappa shape index (κ3) is 5.27. The molecule has 0 radical (unpaired) electrons. The Morgan fingerprint density at radius 3 is 2.45 bits per heavy atom. The first-order valence-electron chi connectivity index (χ1n) is 6.54. The van der Waals surface area contributed by atoms with Crippen molar-refractivity contribution in [1.82, 2.24) is 10.6 Å². The number of carboxylic acid groups (broad SMARTS) is 1. The summed E-state index contributed by atoms with van der Waals surface area (Å²) in [5, 5.41) is 22.9. The molecular formula is C14H20N2O4. The fraction of sp³-hybridized carbons (Fsp3) is 0.429. The third-order valence-corrected chi connectivity index (χ3v) is 2.90. The first-order chi connectivity index (χ1) is 9.54. The van der Waals surface area contributed by atoms with Crippen LogP contribution in [0.5, 0.6) is 0 Å². The van der Waals surface area contributed by atoms with E-state index < -0.39 is 12.1 Å². The molecule has 110 valence electrons. The van der Waals surface area contributed by atoms with Crippen molar-refractivity contribution in [2.75, 3.05) is 6.54 Å². The monoisotopic (exact) mass is 280 g/mol. The summed E-state index contributed by atoms with van der Waals surface area (Å²) in [7, 11) is 0. The van der Waals surface area contributed by atoms with E-state index in [0.29, 0.717) is 0 Å². The van der Waals surface area contributed by atoms with Gasteiger partial charge in [0.1, 0.15) is 0 Å². The van der Waals surface area contributed by atoms with E-state index >= 15 is 0 Å². The van der Waals surface area contributed by atoms with Crippen LogP contribution in [0.1, 0.15) is 31.4 Å². The van der Waals surface area contributed by atoms with Crippen molar-refractivity contribution in [2.45, 2.75) is 31.9 Å². The molecule has 1 aromatic carbocycles. The van der Waals surface area contributed by atoms with Crippen molar-refractivity contribution in [3.05, 3.63) is 35.9 Å². The van der Waals surface area contributed by atoms with Crippen LogP contribution in [0.15, 0.2) is 30.3 Å². The minimum absolute atomic E-state index is 0.0229. The highest BCUT2D eigenvalue weighted by Gasteiger charge is 2.14. The summed E-state index contributed by atoms with van der Waals surface area (Å²) >= 11 is 0. The van der Waals surface area contributed by atoms with Crippen molar-refractivity contribution in [3.8, 4) is 0 Å². The fourth-order valence-corrected chi connectivity index (χ4v) is 1.76. The summed E-state index contributed by atoms with van der Waals surface area (Å²) < 4.78 is 0. The second-order valence-electron chi connectivity index (χ2n) is 4.41. The van der Waals surface area contributed by atoms with Gasteiger partial charge in [0.25, 0.3) is 0 Å². The van der Waals surface area contributed by atoms with E-state index in [9.17, 15) is 9.59 Å². The summed E-state index contributed by atoms with van der Waals surface area (Å²) in [4.78, 5) is 22.1. The van der Waals surface area contributed by atoms with E-state index in [1.807, 2.05) is 37.3 Å². The number of amides is 2. The lowest BCUT2D eigenvalue weighted by atomic mass is 10.1. The third-order valence-electron chi connectivity index (χ3n) is 2.90. The average molecular weight is 280 g/mol. The number of urea groups is 1. The lowest BCUT2D eigenvalue weighted by Gasteiger charge is -2.18. The molecule has 0 fully saturated rings. The number of hydrogen-bond acceptors (Lipinski definition) is 3. The Balaban J connectivity index is 2.39. The zero-order valence-electron chi connectivity index (χ0n) is 11.4. The number of hydrogen-bond donors (Lipinski definition) is 4. The minimum atomic E-state index is -1.45.